The minimum atomic E-state index is 0.00334. The maximum atomic E-state index is 11.3. The molecule has 0 aromatic carbocycles. The lowest BCUT2D eigenvalue weighted by molar-refractivity contribution is -0.127. The standard InChI is InChI=1S/C9H19N3O2/c1-11-4-6-12(7-5-11)10-9(14)3-2-8-13/h13H,2-8H2,1H3,(H,10,14). The Labute approximate surface area is 84.6 Å². The lowest BCUT2D eigenvalue weighted by atomic mass is 10.3. The highest BCUT2D eigenvalue weighted by atomic mass is 16.3. The molecule has 0 saturated carbocycles. The van der Waals surface area contributed by atoms with Crippen molar-refractivity contribution in [2.75, 3.05) is 39.8 Å². The van der Waals surface area contributed by atoms with Crippen LogP contribution in [0.15, 0.2) is 0 Å². The summed E-state index contributed by atoms with van der Waals surface area (Å²) in [5.74, 6) is 0.00334. The normalized spacial score (nSPS) is 19.6. The van der Waals surface area contributed by atoms with Crippen molar-refractivity contribution in [1.29, 1.82) is 0 Å². The molecule has 1 aliphatic rings. The molecule has 0 unspecified atom stereocenters. The minimum absolute atomic E-state index is 0.00334. The number of piperazine rings is 1. The molecule has 5 heteroatoms. The second-order valence-electron chi connectivity index (χ2n) is 3.65. The number of aliphatic hydroxyl groups is 1. The summed E-state index contributed by atoms with van der Waals surface area (Å²) in [6, 6.07) is 0. The van der Waals surface area contributed by atoms with Crippen LogP contribution in [0.1, 0.15) is 12.8 Å². The van der Waals surface area contributed by atoms with Gasteiger partial charge in [-0.15, -0.1) is 0 Å². The summed E-state index contributed by atoms with van der Waals surface area (Å²) in [7, 11) is 2.07. The van der Waals surface area contributed by atoms with Crippen LogP contribution in [0, 0.1) is 0 Å². The van der Waals surface area contributed by atoms with Crippen LogP contribution in [-0.2, 0) is 4.79 Å². The van der Waals surface area contributed by atoms with Gasteiger partial charge in [0.25, 0.3) is 0 Å². The van der Waals surface area contributed by atoms with Crippen LogP contribution >= 0.6 is 0 Å². The molecule has 1 saturated heterocycles. The topological polar surface area (TPSA) is 55.8 Å². The second kappa shape index (κ2) is 5.95. The molecule has 0 aliphatic carbocycles. The predicted molar refractivity (Wildman–Crippen MR) is 53.5 cm³/mol. The SMILES string of the molecule is CN1CCN(NC(=O)CCCO)CC1. The van der Waals surface area contributed by atoms with Gasteiger partial charge in [-0.2, -0.15) is 0 Å². The van der Waals surface area contributed by atoms with Crippen LogP contribution in [0.5, 0.6) is 0 Å². The van der Waals surface area contributed by atoms with E-state index in [4.69, 9.17) is 5.11 Å². The van der Waals surface area contributed by atoms with E-state index in [9.17, 15) is 4.79 Å². The van der Waals surface area contributed by atoms with Crippen LogP contribution < -0.4 is 5.43 Å². The molecule has 1 rings (SSSR count). The van der Waals surface area contributed by atoms with E-state index >= 15 is 0 Å². The van der Waals surface area contributed by atoms with Gasteiger partial charge >= 0.3 is 0 Å². The van der Waals surface area contributed by atoms with E-state index in [1.165, 1.54) is 0 Å². The number of carbonyl (C=O) groups is 1. The van der Waals surface area contributed by atoms with E-state index in [1.807, 2.05) is 5.01 Å². The fourth-order valence-corrected chi connectivity index (χ4v) is 1.39. The summed E-state index contributed by atoms with van der Waals surface area (Å²) >= 11 is 0. The number of rotatable bonds is 4. The molecule has 1 fully saturated rings. The molecule has 2 N–H and O–H groups in total. The molecule has 0 spiro atoms. The van der Waals surface area contributed by atoms with E-state index in [-0.39, 0.29) is 12.5 Å². The molecule has 0 radical (unpaired) electrons. The van der Waals surface area contributed by atoms with Gasteiger partial charge < -0.3 is 10.0 Å². The Morgan fingerprint density at radius 3 is 2.57 bits per heavy atom. The third-order valence-electron chi connectivity index (χ3n) is 2.35. The summed E-state index contributed by atoms with van der Waals surface area (Å²) in [6.07, 6.45) is 0.947. The largest absolute Gasteiger partial charge is 0.396 e. The monoisotopic (exact) mass is 201 g/mol. The lowest BCUT2D eigenvalue weighted by Gasteiger charge is -2.32. The van der Waals surface area contributed by atoms with Crippen LogP contribution in [0.25, 0.3) is 0 Å². The summed E-state index contributed by atoms with van der Waals surface area (Å²) in [6.45, 7) is 3.81. The molecule has 0 aromatic heterocycles. The van der Waals surface area contributed by atoms with E-state index in [2.05, 4.69) is 17.4 Å². The van der Waals surface area contributed by atoms with Crippen molar-refractivity contribution in [1.82, 2.24) is 15.3 Å². The van der Waals surface area contributed by atoms with Gasteiger partial charge in [-0.05, 0) is 13.5 Å². The number of nitrogens with zero attached hydrogens (tertiary/aromatic N) is 2. The van der Waals surface area contributed by atoms with Crippen molar-refractivity contribution in [2.24, 2.45) is 0 Å². The highest BCUT2D eigenvalue weighted by molar-refractivity contribution is 5.75. The van der Waals surface area contributed by atoms with Gasteiger partial charge in [-0.1, -0.05) is 0 Å². The Morgan fingerprint density at radius 1 is 1.36 bits per heavy atom. The molecule has 14 heavy (non-hydrogen) atoms. The number of aliphatic hydroxyl groups excluding tert-OH is 1. The molecule has 0 aromatic rings. The average Bonchev–Trinajstić information content (AvgIpc) is 2.18. The molecule has 1 heterocycles. The second-order valence-corrected chi connectivity index (χ2v) is 3.65. The van der Waals surface area contributed by atoms with E-state index in [0.29, 0.717) is 12.8 Å². The smallest absolute Gasteiger partial charge is 0.234 e. The van der Waals surface area contributed by atoms with Crippen LogP contribution in [0.4, 0.5) is 0 Å². The molecule has 1 amide bonds. The van der Waals surface area contributed by atoms with Crippen molar-refractivity contribution in [3.8, 4) is 0 Å². The summed E-state index contributed by atoms with van der Waals surface area (Å²) in [4.78, 5) is 13.5. The fourth-order valence-electron chi connectivity index (χ4n) is 1.39. The Hall–Kier alpha value is -0.650. The number of hydrogen-bond donors (Lipinski definition) is 2. The zero-order valence-electron chi connectivity index (χ0n) is 8.70. The highest BCUT2D eigenvalue weighted by Crippen LogP contribution is 1.96. The third kappa shape index (κ3) is 4.04. The summed E-state index contributed by atoms with van der Waals surface area (Å²) in [5, 5.41) is 10.5. The van der Waals surface area contributed by atoms with Crippen molar-refractivity contribution < 1.29 is 9.90 Å². The molecular weight excluding hydrogens is 182 g/mol. The molecule has 82 valence electrons. The van der Waals surface area contributed by atoms with Gasteiger partial charge in [0, 0.05) is 39.2 Å². The average molecular weight is 201 g/mol. The first-order valence-corrected chi connectivity index (χ1v) is 5.06. The number of likely N-dealkylation sites (N-methyl/N-ethyl adjacent to an activating group) is 1. The zero-order chi connectivity index (χ0) is 10.4. The first-order valence-electron chi connectivity index (χ1n) is 5.06. The molecular formula is C9H19N3O2. The van der Waals surface area contributed by atoms with Crippen molar-refractivity contribution in [2.45, 2.75) is 12.8 Å². The Bertz CT molecular complexity index is 179. The highest BCUT2D eigenvalue weighted by Gasteiger charge is 2.14. The lowest BCUT2D eigenvalue weighted by Crippen LogP contribution is -2.52. The number of carbonyl (C=O) groups excluding carboxylic acids is 1. The van der Waals surface area contributed by atoms with Crippen molar-refractivity contribution >= 4 is 5.91 Å². The van der Waals surface area contributed by atoms with Crippen LogP contribution in [0.2, 0.25) is 0 Å². The van der Waals surface area contributed by atoms with Crippen LogP contribution in [0.3, 0.4) is 0 Å². The number of hydrogen-bond acceptors (Lipinski definition) is 4. The minimum Gasteiger partial charge on any atom is -0.396 e. The Kier molecular flexibility index (Phi) is 4.86. The quantitative estimate of drug-likeness (QED) is 0.615. The third-order valence-corrected chi connectivity index (χ3v) is 2.35. The maximum Gasteiger partial charge on any atom is 0.234 e. The fraction of sp³-hybridized carbons (Fsp3) is 0.889. The summed E-state index contributed by atoms with van der Waals surface area (Å²) in [5.41, 5.74) is 2.83. The van der Waals surface area contributed by atoms with E-state index in [0.717, 1.165) is 26.2 Å². The van der Waals surface area contributed by atoms with Gasteiger partial charge in [0.2, 0.25) is 5.91 Å². The molecule has 1 aliphatic heterocycles. The maximum absolute atomic E-state index is 11.3. The van der Waals surface area contributed by atoms with Gasteiger partial charge in [0.1, 0.15) is 0 Å². The van der Waals surface area contributed by atoms with Crippen molar-refractivity contribution in [3.63, 3.8) is 0 Å². The summed E-state index contributed by atoms with van der Waals surface area (Å²) < 4.78 is 0. The number of nitrogens with one attached hydrogen (secondary N) is 1. The molecule has 5 nitrogen and oxygen atoms in total. The Morgan fingerprint density at radius 2 is 2.00 bits per heavy atom. The first-order chi connectivity index (χ1) is 6.72. The van der Waals surface area contributed by atoms with Gasteiger partial charge in [-0.3, -0.25) is 10.2 Å². The van der Waals surface area contributed by atoms with Gasteiger partial charge in [0.15, 0.2) is 0 Å². The van der Waals surface area contributed by atoms with Gasteiger partial charge in [0.05, 0.1) is 0 Å². The Balaban J connectivity index is 2.14. The van der Waals surface area contributed by atoms with Gasteiger partial charge in [-0.25, -0.2) is 5.01 Å². The molecule has 0 atom stereocenters. The predicted octanol–water partition coefficient (Wildman–Crippen LogP) is -0.962. The van der Waals surface area contributed by atoms with Crippen molar-refractivity contribution in [3.05, 3.63) is 0 Å². The van der Waals surface area contributed by atoms with E-state index < -0.39 is 0 Å². The van der Waals surface area contributed by atoms with Crippen LogP contribution in [-0.4, -0.2) is 60.8 Å². The number of hydrazine groups is 1. The molecule has 0 bridgehead atoms. The van der Waals surface area contributed by atoms with E-state index in [1.54, 1.807) is 0 Å². The first kappa shape index (κ1) is 11.4. The zero-order valence-corrected chi connectivity index (χ0v) is 8.70. The number of amides is 1.